The van der Waals surface area contributed by atoms with Crippen LogP contribution in [0.25, 0.3) is 0 Å². The highest BCUT2D eigenvalue weighted by Gasteiger charge is 2.63. The number of rotatable bonds is 3. The fourth-order valence-electron chi connectivity index (χ4n) is 3.36. The number of ether oxygens (including phenoxy) is 1. The van der Waals surface area contributed by atoms with E-state index in [4.69, 9.17) is 4.74 Å². The molecule has 6 heteroatoms. The summed E-state index contributed by atoms with van der Waals surface area (Å²) in [7, 11) is 0. The van der Waals surface area contributed by atoms with E-state index in [0.717, 1.165) is 10.5 Å². The lowest BCUT2D eigenvalue weighted by Crippen LogP contribution is -2.72. The van der Waals surface area contributed by atoms with Crippen molar-refractivity contribution in [2.45, 2.75) is 31.6 Å². The highest BCUT2D eigenvalue weighted by molar-refractivity contribution is 6.03. The SMILES string of the molecule is CCN1C(=O)N(CC)[C@@H](O)[C@@]2(OC=CC2c2ccccc2)C1=O. The maximum Gasteiger partial charge on any atom is 0.328 e. The molecule has 0 radical (unpaired) electrons. The lowest BCUT2D eigenvalue weighted by molar-refractivity contribution is -0.188. The maximum absolute atomic E-state index is 13.0. The normalized spacial score (nSPS) is 30.2. The molecule has 23 heavy (non-hydrogen) atoms. The summed E-state index contributed by atoms with van der Waals surface area (Å²) in [6.45, 7) is 4.01. The van der Waals surface area contributed by atoms with Crippen molar-refractivity contribution in [1.82, 2.24) is 9.80 Å². The smallest absolute Gasteiger partial charge is 0.328 e. The number of carbonyl (C=O) groups excluding carboxylic acids is 2. The largest absolute Gasteiger partial charge is 0.479 e. The summed E-state index contributed by atoms with van der Waals surface area (Å²) in [6.07, 6.45) is 1.86. The summed E-state index contributed by atoms with van der Waals surface area (Å²) in [4.78, 5) is 27.8. The molecule has 1 spiro atoms. The van der Waals surface area contributed by atoms with E-state index < -0.39 is 29.7 Å². The molecule has 2 heterocycles. The molecule has 0 aromatic heterocycles. The molecule has 1 N–H and O–H groups in total. The Bertz CT molecular complexity index is 645. The minimum absolute atomic E-state index is 0.230. The van der Waals surface area contributed by atoms with Crippen LogP contribution in [0.4, 0.5) is 4.79 Å². The summed E-state index contributed by atoms with van der Waals surface area (Å²) < 4.78 is 5.67. The first-order valence-electron chi connectivity index (χ1n) is 7.78. The topological polar surface area (TPSA) is 70.1 Å². The van der Waals surface area contributed by atoms with Gasteiger partial charge in [-0.15, -0.1) is 0 Å². The van der Waals surface area contributed by atoms with Gasteiger partial charge in [0.2, 0.25) is 5.60 Å². The molecule has 1 unspecified atom stereocenters. The standard InChI is InChI=1S/C17H20N2O4/c1-3-18-14(20)17(15(21)19(4-2)16(18)22)13(10-11-23-17)12-8-6-5-7-9-12/h5-11,13-14,20H,3-4H2,1-2H3/t13?,14-,17+/m0/s1. The second kappa shape index (κ2) is 5.70. The van der Waals surface area contributed by atoms with Gasteiger partial charge in [0.05, 0.1) is 12.2 Å². The molecule has 0 bridgehead atoms. The van der Waals surface area contributed by atoms with E-state index in [-0.39, 0.29) is 13.1 Å². The zero-order chi connectivity index (χ0) is 16.6. The summed E-state index contributed by atoms with van der Waals surface area (Å²) >= 11 is 0. The molecule has 1 aromatic rings. The summed E-state index contributed by atoms with van der Waals surface area (Å²) in [5, 5.41) is 10.8. The van der Waals surface area contributed by atoms with Gasteiger partial charge < -0.3 is 9.84 Å². The number of imide groups is 1. The number of likely N-dealkylation sites (N-methyl/N-ethyl adjacent to an activating group) is 2. The van der Waals surface area contributed by atoms with Gasteiger partial charge in [0.1, 0.15) is 0 Å². The van der Waals surface area contributed by atoms with Crippen molar-refractivity contribution in [2.24, 2.45) is 0 Å². The second-order valence-corrected chi connectivity index (χ2v) is 5.62. The third-order valence-electron chi connectivity index (χ3n) is 4.55. The van der Waals surface area contributed by atoms with Crippen molar-refractivity contribution in [3.8, 4) is 0 Å². The lowest BCUT2D eigenvalue weighted by Gasteiger charge is -2.48. The lowest BCUT2D eigenvalue weighted by atomic mass is 9.79. The number of urea groups is 1. The molecule has 6 nitrogen and oxygen atoms in total. The fourth-order valence-corrected chi connectivity index (χ4v) is 3.36. The third kappa shape index (κ3) is 2.05. The molecule has 3 amide bonds. The molecule has 3 atom stereocenters. The van der Waals surface area contributed by atoms with Crippen LogP contribution < -0.4 is 0 Å². The Morgan fingerprint density at radius 1 is 1.17 bits per heavy atom. The van der Waals surface area contributed by atoms with Gasteiger partial charge >= 0.3 is 6.03 Å². The van der Waals surface area contributed by atoms with E-state index in [1.807, 2.05) is 30.3 Å². The number of hydrogen-bond donors (Lipinski definition) is 1. The summed E-state index contributed by atoms with van der Waals surface area (Å²) in [6, 6.07) is 8.91. The van der Waals surface area contributed by atoms with E-state index >= 15 is 0 Å². The predicted octanol–water partition coefficient (Wildman–Crippen LogP) is 1.68. The number of amides is 3. The van der Waals surface area contributed by atoms with Crippen molar-refractivity contribution in [3.05, 3.63) is 48.2 Å². The first-order valence-corrected chi connectivity index (χ1v) is 7.78. The van der Waals surface area contributed by atoms with Gasteiger partial charge in [0, 0.05) is 13.1 Å². The van der Waals surface area contributed by atoms with Crippen LogP contribution in [-0.2, 0) is 9.53 Å². The fraction of sp³-hybridized carbons (Fsp3) is 0.412. The Kier molecular flexibility index (Phi) is 3.85. The summed E-state index contributed by atoms with van der Waals surface area (Å²) in [5.74, 6) is -0.955. The Morgan fingerprint density at radius 3 is 2.48 bits per heavy atom. The molecular weight excluding hydrogens is 296 g/mol. The predicted molar refractivity (Wildman–Crippen MR) is 83.3 cm³/mol. The van der Waals surface area contributed by atoms with Gasteiger partial charge in [0.15, 0.2) is 6.23 Å². The first-order chi connectivity index (χ1) is 11.1. The van der Waals surface area contributed by atoms with Gasteiger partial charge in [-0.1, -0.05) is 30.3 Å². The van der Waals surface area contributed by atoms with Gasteiger partial charge in [-0.3, -0.25) is 14.6 Å². The number of aliphatic hydroxyl groups is 1. The van der Waals surface area contributed by atoms with Crippen molar-refractivity contribution in [2.75, 3.05) is 13.1 Å². The van der Waals surface area contributed by atoms with Crippen LogP contribution in [0.1, 0.15) is 25.3 Å². The van der Waals surface area contributed by atoms with Crippen LogP contribution in [0.3, 0.4) is 0 Å². The van der Waals surface area contributed by atoms with Crippen LogP contribution >= 0.6 is 0 Å². The minimum atomic E-state index is -1.53. The van der Waals surface area contributed by atoms with Gasteiger partial charge in [-0.05, 0) is 25.5 Å². The molecule has 1 fully saturated rings. The molecule has 122 valence electrons. The van der Waals surface area contributed by atoms with Crippen LogP contribution in [-0.4, -0.2) is 51.8 Å². The molecular formula is C17H20N2O4. The number of nitrogens with zero attached hydrogens (tertiary/aromatic N) is 2. The molecule has 2 aliphatic heterocycles. The summed E-state index contributed by atoms with van der Waals surface area (Å²) in [5.41, 5.74) is -0.670. The number of benzene rings is 1. The first kappa shape index (κ1) is 15.6. The molecule has 0 saturated carbocycles. The third-order valence-corrected chi connectivity index (χ3v) is 4.55. The number of aliphatic hydroxyl groups excluding tert-OH is 1. The molecule has 0 aliphatic carbocycles. The molecule has 3 rings (SSSR count). The van der Waals surface area contributed by atoms with E-state index in [1.165, 1.54) is 11.2 Å². The van der Waals surface area contributed by atoms with Crippen LogP contribution in [0.5, 0.6) is 0 Å². The Hall–Kier alpha value is -2.34. The van der Waals surface area contributed by atoms with Gasteiger partial charge in [-0.2, -0.15) is 0 Å². The van der Waals surface area contributed by atoms with E-state index in [9.17, 15) is 14.7 Å². The van der Waals surface area contributed by atoms with Crippen molar-refractivity contribution < 1.29 is 19.4 Å². The molecule has 1 aromatic carbocycles. The molecule has 1 saturated heterocycles. The zero-order valence-corrected chi connectivity index (χ0v) is 13.2. The van der Waals surface area contributed by atoms with E-state index in [1.54, 1.807) is 19.9 Å². The van der Waals surface area contributed by atoms with Crippen molar-refractivity contribution in [3.63, 3.8) is 0 Å². The van der Waals surface area contributed by atoms with E-state index in [0.29, 0.717) is 0 Å². The van der Waals surface area contributed by atoms with Crippen molar-refractivity contribution in [1.29, 1.82) is 0 Å². The quantitative estimate of drug-likeness (QED) is 0.921. The Balaban J connectivity index is 2.10. The zero-order valence-electron chi connectivity index (χ0n) is 13.2. The van der Waals surface area contributed by atoms with Crippen molar-refractivity contribution >= 4 is 11.9 Å². The van der Waals surface area contributed by atoms with Gasteiger partial charge in [0.25, 0.3) is 5.91 Å². The number of hydrogen-bond acceptors (Lipinski definition) is 4. The van der Waals surface area contributed by atoms with Crippen LogP contribution in [0, 0.1) is 0 Å². The second-order valence-electron chi connectivity index (χ2n) is 5.62. The number of carbonyl (C=O) groups is 2. The van der Waals surface area contributed by atoms with Crippen LogP contribution in [0.2, 0.25) is 0 Å². The van der Waals surface area contributed by atoms with E-state index in [2.05, 4.69) is 0 Å². The maximum atomic E-state index is 13.0. The molecule has 2 aliphatic rings. The van der Waals surface area contributed by atoms with Gasteiger partial charge in [-0.25, -0.2) is 4.79 Å². The average Bonchev–Trinajstić information content (AvgIpc) is 3.01. The highest BCUT2D eigenvalue weighted by atomic mass is 16.5. The van der Waals surface area contributed by atoms with Crippen LogP contribution in [0.15, 0.2) is 42.7 Å². The highest BCUT2D eigenvalue weighted by Crippen LogP contribution is 2.44. The monoisotopic (exact) mass is 316 g/mol. The minimum Gasteiger partial charge on any atom is -0.479 e. The average molecular weight is 316 g/mol. The Morgan fingerprint density at radius 2 is 1.87 bits per heavy atom. The Labute approximate surface area is 134 Å².